The summed E-state index contributed by atoms with van der Waals surface area (Å²) in [5, 5.41) is 16.8. The van der Waals surface area contributed by atoms with E-state index in [0.717, 1.165) is 6.42 Å². The Hall–Kier alpha value is -0.940. The molecule has 15 heavy (non-hydrogen) atoms. The third-order valence-electron chi connectivity index (χ3n) is 3.53. The fraction of sp³-hybridized carbons (Fsp3) is 0.800. The van der Waals surface area contributed by atoms with Gasteiger partial charge in [0.2, 0.25) is 0 Å². The zero-order valence-corrected chi connectivity index (χ0v) is 9.34. The first-order valence-corrected chi connectivity index (χ1v) is 5.13. The quantitative estimate of drug-likeness (QED) is 0.801. The van der Waals surface area contributed by atoms with Gasteiger partial charge >= 0.3 is 0 Å². The van der Waals surface area contributed by atoms with Crippen LogP contribution in [-0.2, 0) is 11.3 Å². The molecule has 2 unspecified atom stereocenters. The summed E-state index contributed by atoms with van der Waals surface area (Å²) >= 11 is 0. The Morgan fingerprint density at radius 3 is 2.93 bits per heavy atom. The van der Waals surface area contributed by atoms with E-state index in [1.54, 1.807) is 13.4 Å². The van der Waals surface area contributed by atoms with Crippen LogP contribution in [0.3, 0.4) is 0 Å². The van der Waals surface area contributed by atoms with Crippen molar-refractivity contribution in [3.8, 4) is 0 Å². The van der Waals surface area contributed by atoms with E-state index in [1.165, 1.54) is 0 Å². The summed E-state index contributed by atoms with van der Waals surface area (Å²) in [5.74, 6) is 0.627. The number of nitrogens with zero attached hydrogens (tertiary/aromatic N) is 3. The van der Waals surface area contributed by atoms with Crippen molar-refractivity contribution in [3.05, 3.63) is 12.2 Å². The molecule has 0 spiro atoms. The van der Waals surface area contributed by atoms with E-state index in [9.17, 15) is 0 Å². The first-order chi connectivity index (χ1) is 7.11. The molecule has 5 heteroatoms. The molecule has 0 aromatic carbocycles. The predicted octanol–water partition coefficient (Wildman–Crippen LogP) is 0.756. The molecule has 1 aromatic heterocycles. The Kier molecular flexibility index (Phi) is 2.52. The standard InChI is InChI=1S/C10H17N3O2/c1-10(2)7(4-8(10)15-3)13-6-11-12-9(13)5-14/h6-8,14H,4-5H2,1-3H3. The number of hydrogen-bond donors (Lipinski definition) is 1. The highest BCUT2D eigenvalue weighted by atomic mass is 16.5. The highest BCUT2D eigenvalue weighted by Gasteiger charge is 2.50. The Bertz CT molecular complexity index is 348. The highest BCUT2D eigenvalue weighted by molar-refractivity contribution is 5.04. The van der Waals surface area contributed by atoms with Crippen LogP contribution in [0.15, 0.2) is 6.33 Å². The maximum Gasteiger partial charge on any atom is 0.158 e. The van der Waals surface area contributed by atoms with Gasteiger partial charge in [-0.05, 0) is 6.42 Å². The zero-order valence-electron chi connectivity index (χ0n) is 9.34. The van der Waals surface area contributed by atoms with Crippen LogP contribution in [0.4, 0.5) is 0 Å². The molecule has 1 fully saturated rings. The third kappa shape index (κ3) is 1.46. The number of aromatic nitrogens is 3. The molecule has 1 aliphatic carbocycles. The second-order valence-corrected chi connectivity index (χ2v) is 4.61. The molecule has 0 bridgehead atoms. The first kappa shape index (κ1) is 10.6. The maximum absolute atomic E-state index is 9.11. The van der Waals surface area contributed by atoms with Crippen molar-refractivity contribution in [2.75, 3.05) is 7.11 Å². The number of ether oxygens (including phenoxy) is 1. The third-order valence-corrected chi connectivity index (χ3v) is 3.53. The number of methoxy groups -OCH3 is 1. The number of rotatable bonds is 3. The topological polar surface area (TPSA) is 60.2 Å². The minimum absolute atomic E-state index is 0.0652. The summed E-state index contributed by atoms with van der Waals surface area (Å²) < 4.78 is 7.34. The Labute approximate surface area is 89.1 Å². The smallest absolute Gasteiger partial charge is 0.158 e. The molecule has 1 aromatic rings. The van der Waals surface area contributed by atoms with Gasteiger partial charge in [-0.1, -0.05) is 13.8 Å². The van der Waals surface area contributed by atoms with Crippen molar-refractivity contribution in [3.63, 3.8) is 0 Å². The Balaban J connectivity index is 2.21. The van der Waals surface area contributed by atoms with Gasteiger partial charge in [-0.2, -0.15) is 0 Å². The van der Waals surface area contributed by atoms with E-state index < -0.39 is 0 Å². The van der Waals surface area contributed by atoms with Gasteiger partial charge in [0.15, 0.2) is 5.82 Å². The lowest BCUT2D eigenvalue weighted by Crippen LogP contribution is -2.51. The van der Waals surface area contributed by atoms with Crippen LogP contribution in [0.5, 0.6) is 0 Å². The minimum Gasteiger partial charge on any atom is -0.388 e. The predicted molar refractivity (Wildman–Crippen MR) is 54.2 cm³/mol. The van der Waals surface area contributed by atoms with Crippen molar-refractivity contribution < 1.29 is 9.84 Å². The Morgan fingerprint density at radius 1 is 1.67 bits per heavy atom. The van der Waals surface area contributed by atoms with Crippen LogP contribution in [-0.4, -0.2) is 33.1 Å². The van der Waals surface area contributed by atoms with Gasteiger partial charge in [0.1, 0.15) is 12.9 Å². The SMILES string of the molecule is COC1CC(n2cnnc2CO)C1(C)C. The molecular weight excluding hydrogens is 194 g/mol. The highest BCUT2D eigenvalue weighted by Crippen LogP contribution is 2.51. The van der Waals surface area contributed by atoms with Crippen molar-refractivity contribution in [1.29, 1.82) is 0 Å². The van der Waals surface area contributed by atoms with E-state index in [-0.39, 0.29) is 18.1 Å². The van der Waals surface area contributed by atoms with Gasteiger partial charge in [-0.15, -0.1) is 10.2 Å². The van der Waals surface area contributed by atoms with Gasteiger partial charge in [0, 0.05) is 18.6 Å². The lowest BCUT2D eigenvalue weighted by molar-refractivity contribution is -0.114. The van der Waals surface area contributed by atoms with E-state index in [2.05, 4.69) is 24.0 Å². The van der Waals surface area contributed by atoms with Crippen LogP contribution < -0.4 is 0 Å². The molecule has 1 heterocycles. The molecule has 84 valence electrons. The fourth-order valence-corrected chi connectivity index (χ4v) is 2.38. The van der Waals surface area contributed by atoms with Crippen LogP contribution in [0.25, 0.3) is 0 Å². The molecule has 2 rings (SSSR count). The van der Waals surface area contributed by atoms with E-state index in [1.807, 2.05) is 4.57 Å². The van der Waals surface area contributed by atoms with Crippen LogP contribution >= 0.6 is 0 Å². The van der Waals surface area contributed by atoms with E-state index in [4.69, 9.17) is 9.84 Å². The lowest BCUT2D eigenvalue weighted by atomic mass is 9.64. The second kappa shape index (κ2) is 3.57. The van der Waals surface area contributed by atoms with E-state index in [0.29, 0.717) is 11.9 Å². The number of aliphatic hydroxyl groups excluding tert-OH is 1. The lowest BCUT2D eigenvalue weighted by Gasteiger charge is -2.51. The van der Waals surface area contributed by atoms with Gasteiger partial charge < -0.3 is 14.4 Å². The molecule has 0 saturated heterocycles. The van der Waals surface area contributed by atoms with Gasteiger partial charge in [-0.25, -0.2) is 0 Å². The summed E-state index contributed by atoms with van der Waals surface area (Å²) in [6.07, 6.45) is 2.91. The van der Waals surface area contributed by atoms with Gasteiger partial charge in [0.05, 0.1) is 6.10 Å². The minimum atomic E-state index is -0.0652. The molecule has 1 N–H and O–H groups in total. The fourth-order valence-electron chi connectivity index (χ4n) is 2.38. The first-order valence-electron chi connectivity index (χ1n) is 5.13. The average Bonchev–Trinajstić information content (AvgIpc) is 2.64. The summed E-state index contributed by atoms with van der Waals surface area (Å²) in [7, 11) is 1.74. The summed E-state index contributed by atoms with van der Waals surface area (Å²) in [5.41, 5.74) is 0.0705. The number of aliphatic hydroxyl groups is 1. The van der Waals surface area contributed by atoms with Crippen LogP contribution in [0.2, 0.25) is 0 Å². The summed E-state index contributed by atoms with van der Waals surface area (Å²) in [4.78, 5) is 0. The average molecular weight is 211 g/mol. The van der Waals surface area contributed by atoms with Gasteiger partial charge in [0.25, 0.3) is 0 Å². The van der Waals surface area contributed by atoms with Gasteiger partial charge in [-0.3, -0.25) is 0 Å². The zero-order chi connectivity index (χ0) is 11.1. The van der Waals surface area contributed by atoms with Crippen molar-refractivity contribution in [2.45, 2.75) is 39.0 Å². The molecule has 1 saturated carbocycles. The maximum atomic E-state index is 9.11. The Morgan fingerprint density at radius 2 is 2.40 bits per heavy atom. The summed E-state index contributed by atoms with van der Waals surface area (Å²) in [6.45, 7) is 4.26. The molecular formula is C10H17N3O2. The van der Waals surface area contributed by atoms with Crippen LogP contribution in [0.1, 0.15) is 32.1 Å². The largest absolute Gasteiger partial charge is 0.388 e. The van der Waals surface area contributed by atoms with Crippen molar-refractivity contribution in [1.82, 2.24) is 14.8 Å². The molecule has 0 aliphatic heterocycles. The molecule has 5 nitrogen and oxygen atoms in total. The van der Waals surface area contributed by atoms with Crippen molar-refractivity contribution >= 4 is 0 Å². The summed E-state index contributed by atoms with van der Waals surface area (Å²) in [6, 6.07) is 0.319. The molecule has 1 aliphatic rings. The normalized spacial score (nSPS) is 28.8. The van der Waals surface area contributed by atoms with Crippen LogP contribution in [0, 0.1) is 5.41 Å². The van der Waals surface area contributed by atoms with Crippen molar-refractivity contribution in [2.24, 2.45) is 5.41 Å². The molecule has 0 amide bonds. The monoisotopic (exact) mass is 211 g/mol. The second-order valence-electron chi connectivity index (χ2n) is 4.61. The molecule has 0 radical (unpaired) electrons. The number of hydrogen-bond acceptors (Lipinski definition) is 4. The van der Waals surface area contributed by atoms with E-state index >= 15 is 0 Å². The molecule has 2 atom stereocenters.